The number of carboxylic acids is 2. The van der Waals surface area contributed by atoms with Crippen LogP contribution in [0.2, 0.25) is 0 Å². The fourth-order valence-corrected chi connectivity index (χ4v) is 1.90. The van der Waals surface area contributed by atoms with Gasteiger partial charge in [-0.3, -0.25) is 0 Å². The number of aromatic carboxylic acids is 2. The van der Waals surface area contributed by atoms with Gasteiger partial charge in [-0.2, -0.15) is 0 Å². The summed E-state index contributed by atoms with van der Waals surface area (Å²) in [6.07, 6.45) is 9.51. The molecule has 4 heteroatoms. The van der Waals surface area contributed by atoms with E-state index >= 15 is 0 Å². The van der Waals surface area contributed by atoms with Crippen molar-refractivity contribution in [1.82, 2.24) is 0 Å². The Morgan fingerprint density at radius 3 is 1.90 bits per heavy atom. The molecule has 1 aliphatic rings. The Labute approximate surface area is 118 Å². The van der Waals surface area contributed by atoms with Gasteiger partial charge in [0, 0.05) is 0 Å². The summed E-state index contributed by atoms with van der Waals surface area (Å²) in [4.78, 5) is 20.9. The summed E-state index contributed by atoms with van der Waals surface area (Å²) in [7, 11) is 0. The molecule has 0 atom stereocenters. The fraction of sp³-hybridized carbons (Fsp3) is 0.250. The highest BCUT2D eigenvalue weighted by Crippen LogP contribution is 2.17. The van der Waals surface area contributed by atoms with Crippen LogP contribution < -0.4 is 0 Å². The van der Waals surface area contributed by atoms with E-state index < -0.39 is 11.9 Å². The lowest BCUT2D eigenvalue weighted by molar-refractivity contribution is 0.0651. The summed E-state index contributed by atoms with van der Waals surface area (Å²) in [5.41, 5.74) is 1.06. The molecule has 4 nitrogen and oxygen atoms in total. The fourth-order valence-electron chi connectivity index (χ4n) is 1.90. The highest BCUT2D eigenvalue weighted by molar-refractivity contribution is 6.01. The molecule has 1 aromatic carbocycles. The van der Waals surface area contributed by atoms with Crippen molar-refractivity contribution in [2.24, 2.45) is 0 Å². The van der Waals surface area contributed by atoms with Crippen LogP contribution >= 0.6 is 0 Å². The van der Waals surface area contributed by atoms with Crippen molar-refractivity contribution >= 4 is 11.9 Å². The normalized spacial score (nSPS) is 13.5. The second kappa shape index (κ2) is 7.94. The molecule has 0 heterocycles. The van der Waals surface area contributed by atoms with Gasteiger partial charge in [0.2, 0.25) is 0 Å². The van der Waals surface area contributed by atoms with Crippen LogP contribution in [0.1, 0.15) is 46.4 Å². The van der Waals surface area contributed by atoms with E-state index in [2.05, 4.69) is 12.7 Å². The Hall–Kier alpha value is -2.36. The maximum Gasteiger partial charge on any atom is 0.336 e. The van der Waals surface area contributed by atoms with Crippen LogP contribution in [0.5, 0.6) is 0 Å². The Bertz CT molecular complexity index is 496. The van der Waals surface area contributed by atoms with Gasteiger partial charge in [-0.15, -0.1) is 0 Å². The van der Waals surface area contributed by atoms with E-state index in [9.17, 15) is 9.59 Å². The van der Waals surface area contributed by atoms with E-state index in [1.807, 2.05) is 6.08 Å². The molecule has 0 fully saturated rings. The minimum atomic E-state index is -1.23. The Morgan fingerprint density at radius 2 is 1.60 bits per heavy atom. The third-order valence-corrected chi connectivity index (χ3v) is 2.98. The Morgan fingerprint density at radius 1 is 1.05 bits per heavy atom. The smallest absolute Gasteiger partial charge is 0.336 e. The van der Waals surface area contributed by atoms with E-state index in [0.717, 1.165) is 0 Å². The van der Waals surface area contributed by atoms with Crippen LogP contribution in [0, 0.1) is 0 Å². The van der Waals surface area contributed by atoms with E-state index in [1.165, 1.54) is 55.5 Å². The van der Waals surface area contributed by atoms with Gasteiger partial charge >= 0.3 is 11.9 Å². The average Bonchev–Trinajstić information content (AvgIpc) is 2.48. The van der Waals surface area contributed by atoms with Gasteiger partial charge in [-0.1, -0.05) is 36.4 Å². The molecule has 0 amide bonds. The van der Waals surface area contributed by atoms with Crippen LogP contribution in [0.15, 0.2) is 48.6 Å². The van der Waals surface area contributed by atoms with Crippen molar-refractivity contribution in [2.45, 2.75) is 25.7 Å². The minimum Gasteiger partial charge on any atom is -0.478 e. The standard InChI is InChI=1S/C8H6O4.C8H12/c9-7(10)5-3-1-2-4-6(5)8(11)12;1-2-8-6-4-3-5-7-8/h1-4H,(H,9,10)(H,11,12);2,6H,1,3-5,7H2. The number of rotatable bonds is 3. The molecule has 0 radical (unpaired) electrons. The van der Waals surface area contributed by atoms with Gasteiger partial charge in [0.1, 0.15) is 0 Å². The lowest BCUT2D eigenvalue weighted by Gasteiger charge is -2.06. The first kappa shape index (κ1) is 15.7. The van der Waals surface area contributed by atoms with Gasteiger partial charge in [-0.05, 0) is 37.8 Å². The molecular weight excluding hydrogens is 256 g/mol. The van der Waals surface area contributed by atoms with Crippen molar-refractivity contribution in [3.05, 3.63) is 59.7 Å². The number of carboxylic acid groups (broad SMARTS) is 2. The summed E-state index contributed by atoms with van der Waals surface area (Å²) in [6.45, 7) is 3.72. The molecule has 2 rings (SSSR count). The molecule has 0 saturated carbocycles. The summed E-state index contributed by atoms with van der Waals surface area (Å²) < 4.78 is 0. The minimum absolute atomic E-state index is 0.190. The predicted octanol–water partition coefficient (Wildman–Crippen LogP) is 3.76. The van der Waals surface area contributed by atoms with Gasteiger partial charge in [0.25, 0.3) is 0 Å². The van der Waals surface area contributed by atoms with Crippen LogP contribution in [-0.4, -0.2) is 22.2 Å². The number of hydrogen-bond acceptors (Lipinski definition) is 2. The third kappa shape index (κ3) is 4.72. The molecule has 1 aromatic rings. The second-order valence-corrected chi connectivity index (χ2v) is 4.38. The molecule has 0 spiro atoms. The van der Waals surface area contributed by atoms with Crippen LogP contribution in [-0.2, 0) is 0 Å². The van der Waals surface area contributed by atoms with Crippen LogP contribution in [0.4, 0.5) is 0 Å². The zero-order valence-electron chi connectivity index (χ0n) is 11.2. The molecule has 0 aromatic heterocycles. The quantitative estimate of drug-likeness (QED) is 0.880. The molecule has 1 aliphatic carbocycles. The highest BCUT2D eigenvalue weighted by atomic mass is 16.4. The maximum atomic E-state index is 10.5. The number of allylic oxidation sites excluding steroid dienone is 3. The SMILES string of the molecule is C=CC1=CCCCC1.O=C(O)c1ccccc1C(=O)O. The number of hydrogen-bond donors (Lipinski definition) is 2. The molecule has 0 unspecified atom stereocenters. The average molecular weight is 274 g/mol. The van der Waals surface area contributed by atoms with E-state index in [0.29, 0.717) is 0 Å². The van der Waals surface area contributed by atoms with Gasteiger partial charge < -0.3 is 10.2 Å². The highest BCUT2D eigenvalue weighted by Gasteiger charge is 2.13. The summed E-state index contributed by atoms with van der Waals surface area (Å²) in [5.74, 6) is -2.46. The van der Waals surface area contributed by atoms with E-state index in [1.54, 1.807) is 0 Å². The summed E-state index contributed by atoms with van der Waals surface area (Å²) in [5, 5.41) is 17.1. The summed E-state index contributed by atoms with van der Waals surface area (Å²) in [6, 6.07) is 5.48. The van der Waals surface area contributed by atoms with Gasteiger partial charge in [0.05, 0.1) is 11.1 Å². The zero-order chi connectivity index (χ0) is 15.0. The van der Waals surface area contributed by atoms with Crippen molar-refractivity contribution in [3.63, 3.8) is 0 Å². The lowest BCUT2D eigenvalue weighted by atomic mass is 10.0. The van der Waals surface area contributed by atoms with E-state index in [4.69, 9.17) is 10.2 Å². The third-order valence-electron chi connectivity index (χ3n) is 2.98. The van der Waals surface area contributed by atoms with Crippen molar-refractivity contribution < 1.29 is 19.8 Å². The van der Waals surface area contributed by atoms with Crippen molar-refractivity contribution in [2.75, 3.05) is 0 Å². The van der Waals surface area contributed by atoms with Crippen molar-refractivity contribution in [3.8, 4) is 0 Å². The molecule has 2 N–H and O–H groups in total. The molecule has 0 saturated heterocycles. The Balaban J connectivity index is 0.000000217. The lowest BCUT2D eigenvalue weighted by Crippen LogP contribution is -2.06. The zero-order valence-corrected chi connectivity index (χ0v) is 11.2. The van der Waals surface area contributed by atoms with Crippen LogP contribution in [0.25, 0.3) is 0 Å². The first-order valence-corrected chi connectivity index (χ1v) is 6.43. The molecular formula is C16H18O4. The molecule has 0 bridgehead atoms. The summed E-state index contributed by atoms with van der Waals surface area (Å²) >= 11 is 0. The topological polar surface area (TPSA) is 74.6 Å². The number of benzene rings is 1. The first-order chi connectivity index (χ1) is 9.56. The molecule has 0 aliphatic heterocycles. The molecule has 20 heavy (non-hydrogen) atoms. The first-order valence-electron chi connectivity index (χ1n) is 6.43. The van der Waals surface area contributed by atoms with Crippen molar-refractivity contribution in [1.29, 1.82) is 0 Å². The largest absolute Gasteiger partial charge is 0.478 e. The van der Waals surface area contributed by atoms with Crippen LogP contribution in [0.3, 0.4) is 0 Å². The van der Waals surface area contributed by atoms with Gasteiger partial charge in [-0.25, -0.2) is 9.59 Å². The van der Waals surface area contributed by atoms with Gasteiger partial charge in [0.15, 0.2) is 0 Å². The second-order valence-electron chi connectivity index (χ2n) is 4.38. The maximum absolute atomic E-state index is 10.5. The number of carbonyl (C=O) groups is 2. The Kier molecular flexibility index (Phi) is 6.23. The van der Waals surface area contributed by atoms with E-state index in [-0.39, 0.29) is 11.1 Å². The molecule has 106 valence electrons. The monoisotopic (exact) mass is 274 g/mol. The predicted molar refractivity (Wildman–Crippen MR) is 77.1 cm³/mol.